The van der Waals surface area contributed by atoms with Gasteiger partial charge in [0.2, 0.25) is 0 Å². The molecule has 0 saturated carbocycles. The largest absolute Gasteiger partial charge is 0.489 e. The van der Waals surface area contributed by atoms with Gasteiger partial charge in [0, 0.05) is 39.0 Å². The van der Waals surface area contributed by atoms with Crippen molar-refractivity contribution in [3.63, 3.8) is 0 Å². The first-order valence-electron chi connectivity index (χ1n) is 12.2. The molecule has 4 heteroatoms. The molecule has 4 nitrogen and oxygen atoms in total. The van der Waals surface area contributed by atoms with Crippen molar-refractivity contribution in [2.24, 2.45) is 0 Å². The molecule has 0 saturated heterocycles. The molecule has 4 aromatic rings. The fraction of sp³-hybridized carbons (Fsp3) is 0.226. The van der Waals surface area contributed by atoms with E-state index >= 15 is 0 Å². The van der Waals surface area contributed by atoms with Gasteiger partial charge in [-0.2, -0.15) is 0 Å². The highest BCUT2D eigenvalue weighted by Gasteiger charge is 2.24. The molecular formula is C31H32N2O2. The molecule has 0 radical (unpaired) electrons. The minimum atomic E-state index is 0.0132. The van der Waals surface area contributed by atoms with E-state index in [0.717, 1.165) is 37.6 Å². The van der Waals surface area contributed by atoms with Crippen LogP contribution >= 0.6 is 0 Å². The lowest BCUT2D eigenvalue weighted by atomic mass is 10.1. The SMILES string of the molecule is COC1COc2ccc(N(Cc3ccccc3)Cc3ccccc3)cc2N(Cc2ccccc2)C1. The van der Waals surface area contributed by atoms with Gasteiger partial charge in [-0.3, -0.25) is 0 Å². The smallest absolute Gasteiger partial charge is 0.142 e. The number of anilines is 2. The summed E-state index contributed by atoms with van der Waals surface area (Å²) in [5.74, 6) is 0.906. The number of hydrogen-bond acceptors (Lipinski definition) is 4. The summed E-state index contributed by atoms with van der Waals surface area (Å²) < 4.78 is 11.9. The van der Waals surface area contributed by atoms with Gasteiger partial charge in [0.1, 0.15) is 18.5 Å². The monoisotopic (exact) mass is 464 g/mol. The van der Waals surface area contributed by atoms with Crippen LogP contribution in [0.1, 0.15) is 16.7 Å². The van der Waals surface area contributed by atoms with Gasteiger partial charge in [-0.1, -0.05) is 91.0 Å². The van der Waals surface area contributed by atoms with E-state index in [1.165, 1.54) is 22.4 Å². The number of hydrogen-bond donors (Lipinski definition) is 0. The summed E-state index contributed by atoms with van der Waals surface area (Å²) >= 11 is 0. The molecule has 0 fully saturated rings. The number of fused-ring (bicyclic) bond motifs is 1. The van der Waals surface area contributed by atoms with Crippen LogP contribution in [0.2, 0.25) is 0 Å². The highest BCUT2D eigenvalue weighted by Crippen LogP contribution is 2.37. The van der Waals surface area contributed by atoms with Crippen molar-refractivity contribution in [2.75, 3.05) is 30.1 Å². The Morgan fingerprint density at radius 1 is 0.771 bits per heavy atom. The second-order valence-corrected chi connectivity index (χ2v) is 9.01. The van der Waals surface area contributed by atoms with Crippen LogP contribution < -0.4 is 14.5 Å². The third kappa shape index (κ3) is 5.84. The number of rotatable bonds is 8. The van der Waals surface area contributed by atoms with Gasteiger partial charge in [0.15, 0.2) is 0 Å². The van der Waals surface area contributed by atoms with Crippen molar-refractivity contribution in [2.45, 2.75) is 25.7 Å². The standard InChI is InChI=1S/C31H32N2O2/c1-34-29-23-33(22-27-15-9-4-10-16-27)30-19-28(17-18-31(30)35-24-29)32(20-25-11-5-2-6-12-25)21-26-13-7-3-8-14-26/h2-19,29H,20-24H2,1H3. The Morgan fingerprint density at radius 3 is 1.91 bits per heavy atom. The predicted molar refractivity (Wildman–Crippen MR) is 143 cm³/mol. The van der Waals surface area contributed by atoms with Gasteiger partial charge in [-0.25, -0.2) is 0 Å². The zero-order valence-electron chi connectivity index (χ0n) is 20.2. The van der Waals surface area contributed by atoms with E-state index in [1.54, 1.807) is 7.11 Å². The molecule has 1 heterocycles. The summed E-state index contributed by atoms with van der Waals surface area (Å²) in [4.78, 5) is 4.82. The van der Waals surface area contributed by atoms with Gasteiger partial charge < -0.3 is 19.3 Å². The van der Waals surface area contributed by atoms with Crippen LogP contribution in [0.5, 0.6) is 5.75 Å². The number of nitrogens with zero attached hydrogens (tertiary/aromatic N) is 2. The van der Waals surface area contributed by atoms with Gasteiger partial charge in [-0.05, 0) is 34.9 Å². The summed E-state index contributed by atoms with van der Waals surface area (Å²) in [6, 6.07) is 38.5. The van der Waals surface area contributed by atoms with Crippen LogP contribution in [0.3, 0.4) is 0 Å². The molecule has 1 atom stereocenters. The van der Waals surface area contributed by atoms with Crippen molar-refractivity contribution in [1.82, 2.24) is 0 Å². The van der Waals surface area contributed by atoms with Crippen molar-refractivity contribution in [3.05, 3.63) is 126 Å². The van der Waals surface area contributed by atoms with Crippen molar-refractivity contribution >= 4 is 11.4 Å². The minimum Gasteiger partial charge on any atom is -0.489 e. The Bertz CT molecular complexity index is 1160. The van der Waals surface area contributed by atoms with E-state index in [4.69, 9.17) is 9.47 Å². The Labute approximate surface area is 208 Å². The normalized spacial score (nSPS) is 15.1. The quantitative estimate of drug-likeness (QED) is 0.305. The second kappa shape index (κ2) is 11.1. The average Bonchev–Trinajstić information content (AvgIpc) is 3.09. The molecule has 0 bridgehead atoms. The summed E-state index contributed by atoms with van der Waals surface area (Å²) in [7, 11) is 1.76. The first-order chi connectivity index (χ1) is 17.3. The maximum Gasteiger partial charge on any atom is 0.142 e. The topological polar surface area (TPSA) is 24.9 Å². The first kappa shape index (κ1) is 23.0. The Hall–Kier alpha value is -3.76. The molecule has 0 aromatic heterocycles. The van der Waals surface area contributed by atoms with E-state index in [-0.39, 0.29) is 6.10 Å². The fourth-order valence-corrected chi connectivity index (χ4v) is 4.59. The van der Waals surface area contributed by atoms with E-state index in [1.807, 2.05) is 0 Å². The molecule has 0 aliphatic carbocycles. The van der Waals surface area contributed by atoms with Crippen LogP contribution in [0.15, 0.2) is 109 Å². The zero-order chi connectivity index (χ0) is 23.9. The lowest BCUT2D eigenvalue weighted by Gasteiger charge is -2.29. The predicted octanol–water partition coefficient (Wildman–Crippen LogP) is 6.31. The van der Waals surface area contributed by atoms with Gasteiger partial charge in [-0.15, -0.1) is 0 Å². The van der Waals surface area contributed by atoms with E-state index < -0.39 is 0 Å². The molecule has 4 aromatic carbocycles. The number of benzene rings is 4. The van der Waals surface area contributed by atoms with Gasteiger partial charge >= 0.3 is 0 Å². The highest BCUT2D eigenvalue weighted by atomic mass is 16.5. The number of ether oxygens (including phenoxy) is 2. The number of methoxy groups -OCH3 is 1. The lowest BCUT2D eigenvalue weighted by molar-refractivity contribution is 0.0674. The van der Waals surface area contributed by atoms with Crippen LogP contribution in [0, 0.1) is 0 Å². The van der Waals surface area contributed by atoms with E-state index in [9.17, 15) is 0 Å². The van der Waals surface area contributed by atoms with Gasteiger partial charge in [0.25, 0.3) is 0 Å². The molecule has 35 heavy (non-hydrogen) atoms. The average molecular weight is 465 g/mol. The minimum absolute atomic E-state index is 0.0132. The Balaban J connectivity index is 1.50. The Morgan fingerprint density at radius 2 is 1.34 bits per heavy atom. The van der Waals surface area contributed by atoms with E-state index in [2.05, 4.69) is 119 Å². The maximum absolute atomic E-state index is 6.21. The third-order valence-electron chi connectivity index (χ3n) is 6.48. The molecule has 178 valence electrons. The summed E-state index contributed by atoms with van der Waals surface area (Å²) in [6.45, 7) is 3.78. The summed E-state index contributed by atoms with van der Waals surface area (Å²) in [6.07, 6.45) is 0.0132. The summed E-state index contributed by atoms with van der Waals surface area (Å²) in [5.41, 5.74) is 6.13. The van der Waals surface area contributed by atoms with Crippen molar-refractivity contribution < 1.29 is 9.47 Å². The molecule has 5 rings (SSSR count). The van der Waals surface area contributed by atoms with Crippen LogP contribution in [-0.2, 0) is 24.4 Å². The molecule has 0 amide bonds. The molecule has 0 N–H and O–H groups in total. The van der Waals surface area contributed by atoms with Crippen molar-refractivity contribution in [1.29, 1.82) is 0 Å². The molecular weight excluding hydrogens is 432 g/mol. The Kier molecular flexibility index (Phi) is 7.30. The first-order valence-corrected chi connectivity index (χ1v) is 12.2. The second-order valence-electron chi connectivity index (χ2n) is 9.01. The van der Waals surface area contributed by atoms with Gasteiger partial charge in [0.05, 0.1) is 5.69 Å². The lowest BCUT2D eigenvalue weighted by Crippen LogP contribution is -2.34. The fourth-order valence-electron chi connectivity index (χ4n) is 4.59. The van der Waals surface area contributed by atoms with Crippen LogP contribution in [0.4, 0.5) is 11.4 Å². The molecule has 0 spiro atoms. The van der Waals surface area contributed by atoms with E-state index in [0.29, 0.717) is 6.61 Å². The third-order valence-corrected chi connectivity index (χ3v) is 6.48. The van der Waals surface area contributed by atoms with Crippen LogP contribution in [-0.4, -0.2) is 26.4 Å². The summed E-state index contributed by atoms with van der Waals surface area (Å²) in [5, 5.41) is 0. The zero-order valence-corrected chi connectivity index (χ0v) is 20.2. The van der Waals surface area contributed by atoms with Crippen molar-refractivity contribution in [3.8, 4) is 5.75 Å². The molecule has 1 aliphatic rings. The van der Waals surface area contributed by atoms with Crippen LogP contribution in [0.25, 0.3) is 0 Å². The molecule has 1 aliphatic heterocycles. The highest BCUT2D eigenvalue weighted by molar-refractivity contribution is 5.68. The molecule has 1 unspecified atom stereocenters. The maximum atomic E-state index is 6.21.